The van der Waals surface area contributed by atoms with Crippen molar-refractivity contribution in [2.45, 2.75) is 11.8 Å². The van der Waals surface area contributed by atoms with Crippen LogP contribution in [-0.2, 0) is 14.9 Å². The van der Waals surface area contributed by atoms with Crippen LogP contribution in [0.5, 0.6) is 11.5 Å². The molecule has 0 atom stereocenters. The van der Waals surface area contributed by atoms with Crippen LogP contribution in [0.3, 0.4) is 0 Å². The van der Waals surface area contributed by atoms with Gasteiger partial charge in [-0.3, -0.25) is 4.79 Å². The van der Waals surface area contributed by atoms with Gasteiger partial charge in [0.25, 0.3) is 5.91 Å². The predicted octanol–water partition coefficient (Wildman–Crippen LogP) is 5.08. The van der Waals surface area contributed by atoms with E-state index in [1.54, 1.807) is 36.4 Å². The zero-order chi connectivity index (χ0) is 24.0. The van der Waals surface area contributed by atoms with E-state index in [0.29, 0.717) is 11.3 Å². The Labute approximate surface area is 200 Å². The monoisotopic (exact) mass is 526 g/mol. The molecule has 3 rings (SSSR count). The number of hydrogen-bond donors (Lipinski definition) is 1. The van der Waals surface area contributed by atoms with Crippen molar-refractivity contribution in [1.29, 1.82) is 5.26 Å². The van der Waals surface area contributed by atoms with Gasteiger partial charge in [0.15, 0.2) is 11.5 Å². The lowest BCUT2D eigenvalue weighted by Crippen LogP contribution is -2.13. The van der Waals surface area contributed by atoms with Crippen molar-refractivity contribution in [3.63, 3.8) is 0 Å². The third-order valence-corrected chi connectivity index (χ3v) is 6.25. The third kappa shape index (κ3) is 6.22. The fourth-order valence-electron chi connectivity index (χ4n) is 2.76. The highest BCUT2D eigenvalue weighted by Crippen LogP contribution is 2.31. The second-order valence-electron chi connectivity index (χ2n) is 6.89. The van der Waals surface area contributed by atoms with Crippen LogP contribution in [0.2, 0.25) is 0 Å². The van der Waals surface area contributed by atoms with Crippen molar-refractivity contribution in [3.05, 3.63) is 87.9 Å². The lowest BCUT2D eigenvalue weighted by molar-refractivity contribution is -0.112. The number of methoxy groups -OCH3 is 1. The van der Waals surface area contributed by atoms with Crippen molar-refractivity contribution >= 4 is 43.7 Å². The van der Waals surface area contributed by atoms with Gasteiger partial charge in [0.2, 0.25) is 0 Å². The highest BCUT2D eigenvalue weighted by atomic mass is 79.9. The smallest absolute Gasteiger partial charge is 0.339 e. The molecule has 0 spiro atoms. The van der Waals surface area contributed by atoms with Crippen LogP contribution < -0.4 is 14.2 Å². The molecule has 0 saturated carbocycles. The van der Waals surface area contributed by atoms with E-state index >= 15 is 0 Å². The van der Waals surface area contributed by atoms with E-state index in [2.05, 4.69) is 21.2 Å². The minimum absolute atomic E-state index is 0.00973. The molecule has 3 aromatic rings. The van der Waals surface area contributed by atoms with Gasteiger partial charge in [0.1, 0.15) is 16.5 Å². The Hall–Kier alpha value is -3.61. The van der Waals surface area contributed by atoms with Gasteiger partial charge in [-0.05, 0) is 67.1 Å². The van der Waals surface area contributed by atoms with E-state index in [4.69, 9.17) is 8.92 Å². The number of carbonyl (C=O) groups excluding carboxylic acids is 1. The average Bonchev–Trinajstić information content (AvgIpc) is 2.79. The van der Waals surface area contributed by atoms with Crippen LogP contribution in [0.4, 0.5) is 5.69 Å². The zero-order valence-electron chi connectivity index (χ0n) is 17.7. The Morgan fingerprint density at radius 3 is 2.30 bits per heavy atom. The van der Waals surface area contributed by atoms with Crippen molar-refractivity contribution in [2.75, 3.05) is 12.4 Å². The number of ether oxygens (including phenoxy) is 1. The maximum Gasteiger partial charge on any atom is 0.339 e. The van der Waals surface area contributed by atoms with Gasteiger partial charge in [-0.25, -0.2) is 0 Å². The molecule has 0 bridgehead atoms. The Morgan fingerprint density at radius 1 is 1.03 bits per heavy atom. The summed E-state index contributed by atoms with van der Waals surface area (Å²) in [5.74, 6) is -0.473. The molecule has 3 aromatic carbocycles. The number of aryl methyl sites for hydroxylation is 1. The summed E-state index contributed by atoms with van der Waals surface area (Å²) < 4.78 is 36.5. The molecule has 0 unspecified atom stereocenters. The van der Waals surface area contributed by atoms with Crippen molar-refractivity contribution in [1.82, 2.24) is 0 Å². The van der Waals surface area contributed by atoms with Gasteiger partial charge >= 0.3 is 10.1 Å². The SMILES string of the molecule is COc1cc(/C=C(/C#N)C(=O)Nc2ccc(Br)cc2)ccc1OS(=O)(=O)c1ccc(C)cc1. The Bertz CT molecular complexity index is 1340. The summed E-state index contributed by atoms with van der Waals surface area (Å²) in [5, 5.41) is 12.1. The van der Waals surface area contributed by atoms with E-state index in [1.165, 1.54) is 43.5 Å². The molecule has 7 nitrogen and oxygen atoms in total. The zero-order valence-corrected chi connectivity index (χ0v) is 20.1. The van der Waals surface area contributed by atoms with E-state index in [9.17, 15) is 18.5 Å². The molecule has 1 amide bonds. The summed E-state index contributed by atoms with van der Waals surface area (Å²) in [7, 11) is -2.71. The molecule has 1 N–H and O–H groups in total. The normalized spacial score (nSPS) is 11.4. The lowest BCUT2D eigenvalue weighted by atomic mass is 10.1. The molecule has 0 fully saturated rings. The number of anilines is 1. The number of amides is 1. The van der Waals surface area contributed by atoms with E-state index in [1.807, 2.05) is 13.0 Å². The summed E-state index contributed by atoms with van der Waals surface area (Å²) in [6.45, 7) is 1.85. The number of nitrogens with one attached hydrogen (secondary N) is 1. The molecular formula is C24H19BrN2O5S. The summed E-state index contributed by atoms with van der Waals surface area (Å²) in [5.41, 5.74) is 1.77. The molecule has 0 aliphatic rings. The number of carbonyl (C=O) groups is 1. The molecule has 9 heteroatoms. The first-order valence-corrected chi connectivity index (χ1v) is 11.8. The van der Waals surface area contributed by atoms with Crippen LogP contribution in [-0.4, -0.2) is 21.4 Å². The van der Waals surface area contributed by atoms with E-state index in [-0.39, 0.29) is 22.0 Å². The van der Waals surface area contributed by atoms with E-state index < -0.39 is 16.0 Å². The van der Waals surface area contributed by atoms with Gasteiger partial charge in [-0.2, -0.15) is 13.7 Å². The van der Waals surface area contributed by atoms with Crippen LogP contribution >= 0.6 is 15.9 Å². The number of hydrogen-bond acceptors (Lipinski definition) is 6. The number of rotatable bonds is 7. The highest BCUT2D eigenvalue weighted by Gasteiger charge is 2.19. The highest BCUT2D eigenvalue weighted by molar-refractivity contribution is 9.10. The summed E-state index contributed by atoms with van der Waals surface area (Å²) in [6, 6.07) is 19.4. The third-order valence-electron chi connectivity index (χ3n) is 4.48. The molecular weight excluding hydrogens is 508 g/mol. The first-order valence-electron chi connectivity index (χ1n) is 9.60. The van der Waals surface area contributed by atoms with E-state index in [0.717, 1.165) is 10.0 Å². The molecule has 0 heterocycles. The van der Waals surface area contributed by atoms with Crippen molar-refractivity contribution in [3.8, 4) is 17.6 Å². The molecule has 0 radical (unpaired) electrons. The number of nitriles is 1. The number of halogens is 1. The van der Waals surface area contributed by atoms with Crippen LogP contribution in [0, 0.1) is 18.3 Å². The largest absolute Gasteiger partial charge is 0.493 e. The van der Waals surface area contributed by atoms with Crippen LogP contribution in [0.1, 0.15) is 11.1 Å². The standard InChI is InChI=1S/C24H19BrN2O5S/c1-16-3-10-21(11-4-16)33(29,30)32-22-12-5-17(14-23(22)31-2)13-18(15-26)24(28)27-20-8-6-19(25)7-9-20/h3-14H,1-2H3,(H,27,28)/b18-13-. The second kappa shape index (κ2) is 10.3. The fourth-order valence-corrected chi connectivity index (χ4v) is 3.97. The predicted molar refractivity (Wildman–Crippen MR) is 128 cm³/mol. The lowest BCUT2D eigenvalue weighted by Gasteiger charge is -2.12. The van der Waals surface area contributed by atoms with Gasteiger partial charge < -0.3 is 14.2 Å². The molecule has 33 heavy (non-hydrogen) atoms. The van der Waals surface area contributed by atoms with Gasteiger partial charge in [-0.15, -0.1) is 0 Å². The van der Waals surface area contributed by atoms with Crippen LogP contribution in [0.25, 0.3) is 6.08 Å². The molecule has 0 aliphatic carbocycles. The number of nitrogens with zero attached hydrogens (tertiary/aromatic N) is 1. The maximum absolute atomic E-state index is 12.6. The van der Waals surface area contributed by atoms with Gasteiger partial charge in [0, 0.05) is 10.2 Å². The minimum Gasteiger partial charge on any atom is -0.493 e. The first kappa shape index (κ1) is 24.0. The molecule has 0 aromatic heterocycles. The summed E-state index contributed by atoms with van der Waals surface area (Å²) >= 11 is 3.32. The average molecular weight is 527 g/mol. The molecule has 168 valence electrons. The Morgan fingerprint density at radius 2 is 1.70 bits per heavy atom. The second-order valence-corrected chi connectivity index (χ2v) is 9.35. The molecule has 0 aliphatic heterocycles. The fraction of sp³-hybridized carbons (Fsp3) is 0.0833. The topological polar surface area (TPSA) is 105 Å². The Kier molecular flexibility index (Phi) is 7.53. The van der Waals surface area contributed by atoms with Crippen molar-refractivity contribution in [2.24, 2.45) is 0 Å². The van der Waals surface area contributed by atoms with Crippen LogP contribution in [0.15, 0.2) is 81.7 Å². The summed E-state index contributed by atoms with van der Waals surface area (Å²) in [6.07, 6.45) is 1.37. The Balaban J connectivity index is 1.83. The summed E-state index contributed by atoms with van der Waals surface area (Å²) in [4.78, 5) is 12.5. The quantitative estimate of drug-likeness (QED) is 0.261. The first-order chi connectivity index (χ1) is 15.7. The maximum atomic E-state index is 12.6. The molecule has 0 saturated heterocycles. The van der Waals surface area contributed by atoms with Crippen molar-refractivity contribution < 1.29 is 22.1 Å². The van der Waals surface area contributed by atoms with Gasteiger partial charge in [-0.1, -0.05) is 39.7 Å². The van der Waals surface area contributed by atoms with Gasteiger partial charge in [0.05, 0.1) is 7.11 Å². The number of benzene rings is 3. The minimum atomic E-state index is -4.07.